The maximum atomic E-state index is 13.2. The smallest absolute Gasteiger partial charge is 0.423 e. The summed E-state index contributed by atoms with van der Waals surface area (Å²) < 4.78 is 26.3. The molecule has 76 valence electrons. The molecule has 1 aromatic rings. The molecule has 0 saturated heterocycles. The van der Waals surface area contributed by atoms with Gasteiger partial charge < -0.3 is 10.0 Å². The van der Waals surface area contributed by atoms with Gasteiger partial charge in [0.1, 0.15) is 10.8 Å². The van der Waals surface area contributed by atoms with Crippen molar-refractivity contribution in [3.05, 3.63) is 22.7 Å². The summed E-state index contributed by atoms with van der Waals surface area (Å²) in [4.78, 5) is 0.0690. The molecule has 0 spiro atoms. The summed E-state index contributed by atoms with van der Waals surface area (Å²) in [7, 11) is -2.00. The molecule has 2 nitrogen and oxygen atoms in total. The SMILES string of the molecule is CSc1cc(B(O)O)c(F)c(Cl)c1F. The van der Waals surface area contributed by atoms with Gasteiger partial charge in [0.25, 0.3) is 0 Å². The number of benzene rings is 1. The Kier molecular flexibility index (Phi) is 3.77. The van der Waals surface area contributed by atoms with Crippen molar-refractivity contribution < 1.29 is 18.8 Å². The predicted molar refractivity (Wildman–Crippen MR) is 53.0 cm³/mol. The normalized spacial score (nSPS) is 10.4. The predicted octanol–water partition coefficient (Wildman–Crippen LogP) is 1.02. The molecule has 2 N–H and O–H groups in total. The van der Waals surface area contributed by atoms with Crippen molar-refractivity contribution in [2.45, 2.75) is 4.90 Å². The van der Waals surface area contributed by atoms with Crippen molar-refractivity contribution >= 4 is 35.9 Å². The number of hydrogen-bond donors (Lipinski definition) is 2. The summed E-state index contributed by atoms with van der Waals surface area (Å²) in [6.07, 6.45) is 1.57. The third-order valence-electron chi connectivity index (χ3n) is 1.64. The van der Waals surface area contributed by atoms with Crippen LogP contribution in [0, 0.1) is 11.6 Å². The van der Waals surface area contributed by atoms with E-state index in [0.717, 1.165) is 17.8 Å². The molecule has 1 aromatic carbocycles. The second-order valence-electron chi connectivity index (χ2n) is 2.48. The van der Waals surface area contributed by atoms with Crippen molar-refractivity contribution in [2.75, 3.05) is 6.26 Å². The third-order valence-corrected chi connectivity index (χ3v) is 2.71. The van der Waals surface area contributed by atoms with E-state index in [2.05, 4.69) is 0 Å². The van der Waals surface area contributed by atoms with Crippen LogP contribution >= 0.6 is 23.4 Å². The molecule has 0 fully saturated rings. The van der Waals surface area contributed by atoms with E-state index in [0.29, 0.717) is 0 Å². The van der Waals surface area contributed by atoms with E-state index in [4.69, 9.17) is 21.6 Å². The molecule has 0 radical (unpaired) electrons. The van der Waals surface area contributed by atoms with Crippen molar-refractivity contribution in [2.24, 2.45) is 0 Å². The number of halogens is 3. The van der Waals surface area contributed by atoms with E-state index in [1.165, 1.54) is 0 Å². The maximum absolute atomic E-state index is 13.2. The van der Waals surface area contributed by atoms with Crippen molar-refractivity contribution in [3.8, 4) is 0 Å². The Morgan fingerprint density at radius 3 is 2.36 bits per heavy atom. The summed E-state index contributed by atoms with van der Waals surface area (Å²) in [5.74, 6) is -2.03. The molecular formula is C7H6BClF2O2S. The van der Waals surface area contributed by atoms with Gasteiger partial charge in [-0.15, -0.1) is 11.8 Å². The van der Waals surface area contributed by atoms with Crippen LogP contribution in [0.2, 0.25) is 5.02 Å². The van der Waals surface area contributed by atoms with E-state index in [9.17, 15) is 8.78 Å². The minimum atomic E-state index is -2.00. The fraction of sp³-hybridized carbons (Fsp3) is 0.143. The highest BCUT2D eigenvalue weighted by Crippen LogP contribution is 2.26. The fourth-order valence-corrected chi connectivity index (χ4v) is 1.73. The molecule has 0 aromatic heterocycles. The lowest BCUT2D eigenvalue weighted by atomic mass is 9.80. The van der Waals surface area contributed by atoms with Crippen LogP contribution in [0.1, 0.15) is 0 Å². The van der Waals surface area contributed by atoms with Crippen LogP contribution in [-0.4, -0.2) is 23.4 Å². The van der Waals surface area contributed by atoms with Crippen molar-refractivity contribution in [3.63, 3.8) is 0 Å². The van der Waals surface area contributed by atoms with Crippen LogP contribution in [0.15, 0.2) is 11.0 Å². The van der Waals surface area contributed by atoms with Gasteiger partial charge in [0.2, 0.25) is 0 Å². The molecule has 0 atom stereocenters. The van der Waals surface area contributed by atoms with Gasteiger partial charge in [0.15, 0.2) is 5.82 Å². The monoisotopic (exact) mass is 238 g/mol. The summed E-state index contributed by atoms with van der Waals surface area (Å²) in [6.45, 7) is 0. The zero-order chi connectivity index (χ0) is 10.9. The van der Waals surface area contributed by atoms with Crippen LogP contribution in [-0.2, 0) is 0 Å². The molecule has 14 heavy (non-hydrogen) atoms. The highest BCUT2D eigenvalue weighted by atomic mass is 35.5. The number of thioether (sulfide) groups is 1. The lowest BCUT2D eigenvalue weighted by Gasteiger charge is -2.07. The number of rotatable bonds is 2. The van der Waals surface area contributed by atoms with Gasteiger partial charge >= 0.3 is 7.12 Å². The molecule has 7 heteroatoms. The van der Waals surface area contributed by atoms with Gasteiger partial charge in [-0.05, 0) is 12.3 Å². The van der Waals surface area contributed by atoms with E-state index >= 15 is 0 Å². The first kappa shape index (κ1) is 11.8. The highest BCUT2D eigenvalue weighted by Gasteiger charge is 2.23. The van der Waals surface area contributed by atoms with E-state index in [-0.39, 0.29) is 4.90 Å². The molecule has 0 aliphatic heterocycles. The van der Waals surface area contributed by atoms with Crippen LogP contribution in [0.3, 0.4) is 0 Å². The Bertz CT molecular complexity index is 362. The fourth-order valence-electron chi connectivity index (χ4n) is 0.936. The van der Waals surface area contributed by atoms with Gasteiger partial charge in [-0.25, -0.2) is 8.78 Å². The Balaban J connectivity index is 3.40. The molecule has 0 amide bonds. The average molecular weight is 238 g/mol. The molecular weight excluding hydrogens is 232 g/mol. The maximum Gasteiger partial charge on any atom is 0.491 e. The summed E-state index contributed by atoms with van der Waals surface area (Å²) in [5.41, 5.74) is -0.430. The molecule has 0 aliphatic rings. The van der Waals surface area contributed by atoms with Gasteiger partial charge in [-0.3, -0.25) is 0 Å². The Labute approximate surface area is 89.0 Å². The van der Waals surface area contributed by atoms with Crippen LogP contribution in [0.5, 0.6) is 0 Å². The van der Waals surface area contributed by atoms with Crippen LogP contribution in [0.4, 0.5) is 8.78 Å². The molecule has 0 bridgehead atoms. The average Bonchev–Trinajstić information content (AvgIpc) is 2.14. The summed E-state index contributed by atoms with van der Waals surface area (Å²) in [6, 6.07) is 1.02. The lowest BCUT2D eigenvalue weighted by Crippen LogP contribution is -2.33. The van der Waals surface area contributed by atoms with Crippen LogP contribution < -0.4 is 5.46 Å². The van der Waals surface area contributed by atoms with E-state index < -0.39 is 29.2 Å². The summed E-state index contributed by atoms with van der Waals surface area (Å²) in [5, 5.41) is 16.8. The topological polar surface area (TPSA) is 40.5 Å². The first-order chi connectivity index (χ1) is 6.49. The zero-order valence-electron chi connectivity index (χ0n) is 7.09. The molecule has 1 rings (SSSR count). The lowest BCUT2D eigenvalue weighted by molar-refractivity contribution is 0.422. The first-order valence-corrected chi connectivity index (χ1v) is 5.16. The van der Waals surface area contributed by atoms with Crippen LogP contribution in [0.25, 0.3) is 0 Å². The van der Waals surface area contributed by atoms with Crippen molar-refractivity contribution in [1.82, 2.24) is 0 Å². The highest BCUT2D eigenvalue weighted by molar-refractivity contribution is 7.98. The minimum absolute atomic E-state index is 0.0690. The van der Waals surface area contributed by atoms with Gasteiger partial charge in [0.05, 0.1) is 0 Å². The number of hydrogen-bond acceptors (Lipinski definition) is 3. The molecule has 0 unspecified atom stereocenters. The third kappa shape index (κ3) is 2.03. The Hall–Kier alpha value is -0.295. The molecule has 0 aliphatic carbocycles. The largest absolute Gasteiger partial charge is 0.491 e. The standard InChI is InChI=1S/C7H6BClF2O2S/c1-14-4-2-3(8(12)13)6(10)5(9)7(4)11/h2,12-13H,1H3. The van der Waals surface area contributed by atoms with Gasteiger partial charge in [-0.1, -0.05) is 11.6 Å². The van der Waals surface area contributed by atoms with Crippen molar-refractivity contribution in [1.29, 1.82) is 0 Å². The quantitative estimate of drug-likeness (QED) is 0.459. The van der Waals surface area contributed by atoms with E-state index in [1.54, 1.807) is 6.26 Å². The van der Waals surface area contributed by atoms with E-state index in [1.807, 2.05) is 0 Å². The van der Waals surface area contributed by atoms with Gasteiger partial charge in [0, 0.05) is 10.4 Å². The second-order valence-corrected chi connectivity index (χ2v) is 3.71. The first-order valence-electron chi connectivity index (χ1n) is 3.56. The summed E-state index contributed by atoms with van der Waals surface area (Å²) >= 11 is 6.33. The molecule has 0 heterocycles. The zero-order valence-corrected chi connectivity index (χ0v) is 8.66. The minimum Gasteiger partial charge on any atom is -0.423 e. The Morgan fingerprint density at radius 2 is 1.93 bits per heavy atom. The Morgan fingerprint density at radius 1 is 1.36 bits per heavy atom. The second kappa shape index (κ2) is 4.48. The van der Waals surface area contributed by atoms with Gasteiger partial charge in [-0.2, -0.15) is 0 Å². The molecule has 0 saturated carbocycles.